The van der Waals surface area contributed by atoms with Crippen LogP contribution >= 0.6 is 0 Å². The minimum atomic E-state index is 0.867. The van der Waals surface area contributed by atoms with E-state index in [1.807, 2.05) is 12.1 Å². The van der Waals surface area contributed by atoms with Crippen molar-refractivity contribution >= 4 is 61.1 Å². The average Bonchev–Trinajstić information content (AvgIpc) is 3.63. The molecule has 0 saturated heterocycles. The molecule has 1 aliphatic rings. The van der Waals surface area contributed by atoms with Gasteiger partial charge in [0, 0.05) is 27.6 Å². The third kappa shape index (κ3) is 3.51. The predicted molar refractivity (Wildman–Crippen MR) is 185 cm³/mol. The average molecular weight is 576 g/mol. The molecule has 4 nitrogen and oxygen atoms in total. The van der Waals surface area contributed by atoms with Gasteiger partial charge >= 0.3 is 0 Å². The zero-order valence-corrected chi connectivity index (χ0v) is 24.2. The van der Waals surface area contributed by atoms with Crippen LogP contribution in [-0.2, 0) is 0 Å². The molecule has 0 spiro atoms. The third-order valence-corrected chi connectivity index (χ3v) is 9.12. The Morgan fingerprint density at radius 3 is 2.27 bits per heavy atom. The van der Waals surface area contributed by atoms with Gasteiger partial charge in [-0.15, -0.1) is 0 Å². The first-order valence-electron chi connectivity index (χ1n) is 15.2. The molecule has 210 valence electrons. The lowest BCUT2D eigenvalue weighted by Gasteiger charge is -2.25. The lowest BCUT2D eigenvalue weighted by molar-refractivity contribution is 0.669. The number of anilines is 3. The van der Waals surface area contributed by atoms with Crippen molar-refractivity contribution in [1.29, 1.82) is 0 Å². The van der Waals surface area contributed by atoms with Gasteiger partial charge in [-0.25, -0.2) is 4.98 Å². The van der Waals surface area contributed by atoms with Gasteiger partial charge in [0.05, 0.1) is 22.4 Å². The van der Waals surface area contributed by atoms with Crippen LogP contribution in [0.1, 0.15) is 0 Å². The molecule has 0 fully saturated rings. The van der Waals surface area contributed by atoms with Gasteiger partial charge in [-0.05, 0) is 76.5 Å². The van der Waals surface area contributed by atoms with Crippen LogP contribution in [-0.4, -0.2) is 9.55 Å². The lowest BCUT2D eigenvalue weighted by atomic mass is 9.94. The molecule has 0 N–H and O–H groups in total. The Labute approximate surface area is 259 Å². The molecule has 0 atom stereocenters. The van der Waals surface area contributed by atoms with Gasteiger partial charge in [0.15, 0.2) is 0 Å². The maximum atomic E-state index is 6.13. The van der Waals surface area contributed by atoms with Crippen molar-refractivity contribution in [2.45, 2.75) is 0 Å². The summed E-state index contributed by atoms with van der Waals surface area (Å²) in [6, 6.07) is 53.8. The van der Waals surface area contributed by atoms with Crippen LogP contribution in [0.15, 0.2) is 156 Å². The summed E-state index contributed by atoms with van der Waals surface area (Å²) in [5.41, 5.74) is 11.8. The Hall–Kier alpha value is -6.13. The predicted octanol–water partition coefficient (Wildman–Crippen LogP) is 11.2. The Kier molecular flexibility index (Phi) is 4.96. The summed E-state index contributed by atoms with van der Waals surface area (Å²) >= 11 is 0. The van der Waals surface area contributed by atoms with E-state index >= 15 is 0 Å². The number of para-hydroxylation sites is 4. The van der Waals surface area contributed by atoms with Gasteiger partial charge < -0.3 is 4.42 Å². The molecule has 7 aromatic carbocycles. The van der Waals surface area contributed by atoms with E-state index in [-0.39, 0.29) is 0 Å². The minimum Gasteiger partial charge on any atom is -0.456 e. The molecule has 0 radical (unpaired) electrons. The number of furan rings is 1. The van der Waals surface area contributed by atoms with E-state index < -0.39 is 0 Å². The second-order valence-electron chi connectivity index (χ2n) is 11.6. The standard InChI is InChI=1S/C41H25N3O/c1-2-13-30-26(10-1)20-22-37-40(30)32-15-3-6-17-35(32)43(41-42-34-16-5-7-18-36(34)44(37)41)29-12-9-11-27(24-29)28-21-23-39-33(25-28)31-14-4-8-19-38(31)45-39/h1-25H. The summed E-state index contributed by atoms with van der Waals surface area (Å²) in [6.45, 7) is 0. The zero-order chi connectivity index (χ0) is 29.5. The van der Waals surface area contributed by atoms with Crippen LogP contribution in [0.4, 0.5) is 17.3 Å². The quantitative estimate of drug-likeness (QED) is 0.206. The van der Waals surface area contributed by atoms with Crippen molar-refractivity contribution in [3.63, 3.8) is 0 Å². The van der Waals surface area contributed by atoms with Crippen molar-refractivity contribution in [2.75, 3.05) is 4.90 Å². The van der Waals surface area contributed by atoms with Crippen LogP contribution < -0.4 is 4.90 Å². The van der Waals surface area contributed by atoms with Gasteiger partial charge in [-0.3, -0.25) is 9.47 Å². The van der Waals surface area contributed by atoms with Crippen LogP contribution in [0.5, 0.6) is 0 Å². The highest BCUT2D eigenvalue weighted by molar-refractivity contribution is 6.08. The monoisotopic (exact) mass is 575 g/mol. The molecule has 0 unspecified atom stereocenters. The van der Waals surface area contributed by atoms with E-state index in [4.69, 9.17) is 9.40 Å². The fraction of sp³-hybridized carbons (Fsp3) is 0. The summed E-state index contributed by atoms with van der Waals surface area (Å²) in [5, 5.41) is 4.69. The Morgan fingerprint density at radius 2 is 1.29 bits per heavy atom. The summed E-state index contributed by atoms with van der Waals surface area (Å²) in [7, 11) is 0. The molecule has 0 saturated carbocycles. The number of imidazole rings is 1. The number of benzene rings is 7. The number of hydrogen-bond donors (Lipinski definition) is 0. The maximum absolute atomic E-state index is 6.13. The molecule has 0 aliphatic carbocycles. The maximum Gasteiger partial charge on any atom is 0.220 e. The Balaban J connectivity index is 1.25. The van der Waals surface area contributed by atoms with E-state index in [1.165, 1.54) is 21.9 Å². The van der Waals surface area contributed by atoms with Crippen LogP contribution in [0, 0.1) is 0 Å². The summed E-state index contributed by atoms with van der Waals surface area (Å²) in [5.74, 6) is 0.867. The number of nitrogens with zero attached hydrogens (tertiary/aromatic N) is 3. The van der Waals surface area contributed by atoms with Crippen molar-refractivity contribution < 1.29 is 4.42 Å². The Morgan fingerprint density at radius 1 is 0.511 bits per heavy atom. The van der Waals surface area contributed by atoms with Gasteiger partial charge in [0.25, 0.3) is 0 Å². The molecule has 3 heterocycles. The fourth-order valence-corrected chi connectivity index (χ4v) is 7.10. The highest BCUT2D eigenvalue weighted by Gasteiger charge is 2.30. The first-order chi connectivity index (χ1) is 22.3. The normalized spacial score (nSPS) is 12.4. The first-order valence-corrected chi connectivity index (χ1v) is 15.2. The molecular weight excluding hydrogens is 550 g/mol. The first kappa shape index (κ1) is 24.3. The van der Waals surface area contributed by atoms with Crippen molar-refractivity contribution in [3.8, 4) is 27.9 Å². The van der Waals surface area contributed by atoms with Crippen LogP contribution in [0.25, 0.3) is 71.7 Å². The molecular formula is C41H25N3O. The summed E-state index contributed by atoms with van der Waals surface area (Å²) in [4.78, 5) is 7.61. The Bertz CT molecular complexity index is 2630. The third-order valence-electron chi connectivity index (χ3n) is 9.12. The number of hydrogen-bond acceptors (Lipinski definition) is 3. The van der Waals surface area contributed by atoms with E-state index in [0.29, 0.717) is 0 Å². The SMILES string of the molecule is c1cc(-c2ccc3oc4ccccc4c3c2)cc(N2c3ccccc3-c3c(ccc4ccccc34)-n3c2nc2ccccc23)c1. The van der Waals surface area contributed by atoms with Gasteiger partial charge in [-0.2, -0.15) is 0 Å². The van der Waals surface area contributed by atoms with E-state index in [0.717, 1.165) is 67.1 Å². The van der Waals surface area contributed by atoms with Crippen LogP contribution in [0.2, 0.25) is 0 Å². The minimum absolute atomic E-state index is 0.867. The molecule has 4 heteroatoms. The van der Waals surface area contributed by atoms with E-state index in [9.17, 15) is 0 Å². The lowest BCUT2D eigenvalue weighted by Crippen LogP contribution is -2.14. The summed E-state index contributed by atoms with van der Waals surface area (Å²) in [6.07, 6.45) is 0. The van der Waals surface area contributed by atoms with E-state index in [1.54, 1.807) is 0 Å². The highest BCUT2D eigenvalue weighted by Crippen LogP contribution is 2.50. The van der Waals surface area contributed by atoms with Crippen molar-refractivity contribution in [1.82, 2.24) is 9.55 Å². The molecule has 45 heavy (non-hydrogen) atoms. The second kappa shape index (κ2) is 9.18. The number of aromatic nitrogens is 2. The van der Waals surface area contributed by atoms with Crippen molar-refractivity contribution in [2.24, 2.45) is 0 Å². The molecule has 9 aromatic rings. The van der Waals surface area contributed by atoms with Crippen LogP contribution in [0.3, 0.4) is 0 Å². The van der Waals surface area contributed by atoms with Gasteiger partial charge in [-0.1, -0.05) is 97.1 Å². The molecule has 10 rings (SSSR count). The smallest absolute Gasteiger partial charge is 0.220 e. The summed E-state index contributed by atoms with van der Waals surface area (Å²) < 4.78 is 8.45. The number of rotatable bonds is 2. The van der Waals surface area contributed by atoms with Crippen molar-refractivity contribution in [3.05, 3.63) is 152 Å². The zero-order valence-electron chi connectivity index (χ0n) is 24.2. The molecule has 2 aromatic heterocycles. The second-order valence-corrected chi connectivity index (χ2v) is 11.6. The molecule has 0 bridgehead atoms. The topological polar surface area (TPSA) is 34.2 Å². The molecule has 0 amide bonds. The largest absolute Gasteiger partial charge is 0.456 e. The van der Waals surface area contributed by atoms with Gasteiger partial charge in [0.1, 0.15) is 11.2 Å². The fourth-order valence-electron chi connectivity index (χ4n) is 7.10. The number of fused-ring (bicyclic) bond motifs is 12. The highest BCUT2D eigenvalue weighted by atomic mass is 16.3. The van der Waals surface area contributed by atoms with Gasteiger partial charge in [0.2, 0.25) is 5.95 Å². The molecule has 1 aliphatic heterocycles. The van der Waals surface area contributed by atoms with E-state index in [2.05, 4.69) is 149 Å².